The van der Waals surface area contributed by atoms with E-state index in [2.05, 4.69) is 31.6 Å². The Balaban J connectivity index is 1.46. The molecule has 30 heavy (non-hydrogen) atoms. The summed E-state index contributed by atoms with van der Waals surface area (Å²) >= 11 is 1.63. The Kier molecular flexibility index (Phi) is 5.72. The van der Waals surface area contributed by atoms with Gasteiger partial charge in [0.05, 0.1) is 24.5 Å². The SMILES string of the molecule is CC(C)Oc1ccc(-c2ncc(CNc3cc(C#N)nc(-c4cn[nH]c4)c3)s2)cc1. The van der Waals surface area contributed by atoms with E-state index in [0.29, 0.717) is 17.9 Å². The van der Waals surface area contributed by atoms with E-state index in [0.717, 1.165) is 32.4 Å². The Labute approximate surface area is 178 Å². The number of ether oxygens (including phenoxy) is 1. The number of hydrogen-bond acceptors (Lipinski definition) is 7. The number of nitriles is 1. The average Bonchev–Trinajstić information content (AvgIpc) is 3.44. The fourth-order valence-electron chi connectivity index (χ4n) is 2.89. The van der Waals surface area contributed by atoms with Gasteiger partial charge in [0.1, 0.15) is 22.5 Å². The normalized spacial score (nSPS) is 10.7. The first kappa shape index (κ1) is 19.6. The highest BCUT2D eigenvalue weighted by Crippen LogP contribution is 2.28. The average molecular weight is 417 g/mol. The summed E-state index contributed by atoms with van der Waals surface area (Å²) in [5, 5.41) is 20.3. The van der Waals surface area contributed by atoms with Crippen LogP contribution in [-0.4, -0.2) is 26.3 Å². The molecule has 3 heterocycles. The van der Waals surface area contributed by atoms with Gasteiger partial charge in [0, 0.05) is 34.1 Å². The number of hydrogen-bond donors (Lipinski definition) is 2. The number of rotatable bonds is 7. The van der Waals surface area contributed by atoms with Gasteiger partial charge < -0.3 is 10.1 Å². The minimum Gasteiger partial charge on any atom is -0.491 e. The predicted molar refractivity (Wildman–Crippen MR) is 117 cm³/mol. The predicted octanol–water partition coefficient (Wildman–Crippen LogP) is 4.87. The van der Waals surface area contributed by atoms with E-state index >= 15 is 0 Å². The third kappa shape index (κ3) is 4.64. The molecule has 2 N–H and O–H groups in total. The Morgan fingerprint density at radius 1 is 1.17 bits per heavy atom. The Morgan fingerprint density at radius 3 is 2.70 bits per heavy atom. The molecule has 0 amide bonds. The molecule has 0 atom stereocenters. The van der Waals surface area contributed by atoms with Crippen LogP contribution < -0.4 is 10.1 Å². The Morgan fingerprint density at radius 2 is 2.00 bits per heavy atom. The van der Waals surface area contributed by atoms with Gasteiger partial charge >= 0.3 is 0 Å². The van der Waals surface area contributed by atoms with Crippen molar-refractivity contribution in [3.63, 3.8) is 0 Å². The van der Waals surface area contributed by atoms with Crippen molar-refractivity contribution in [2.75, 3.05) is 5.32 Å². The summed E-state index contributed by atoms with van der Waals surface area (Å²) in [7, 11) is 0. The molecule has 8 heteroatoms. The molecule has 3 aromatic heterocycles. The van der Waals surface area contributed by atoms with Crippen molar-refractivity contribution in [3.8, 4) is 33.6 Å². The summed E-state index contributed by atoms with van der Waals surface area (Å²) in [5.41, 5.74) is 3.76. The second-order valence-corrected chi connectivity index (χ2v) is 8.02. The summed E-state index contributed by atoms with van der Waals surface area (Å²) in [5.74, 6) is 0.853. The van der Waals surface area contributed by atoms with Gasteiger partial charge in [-0.15, -0.1) is 11.3 Å². The summed E-state index contributed by atoms with van der Waals surface area (Å²) in [4.78, 5) is 9.97. The van der Waals surface area contributed by atoms with Crippen molar-refractivity contribution < 1.29 is 4.74 Å². The number of nitrogens with zero attached hydrogens (tertiary/aromatic N) is 4. The third-order valence-electron chi connectivity index (χ3n) is 4.23. The molecular formula is C22H20N6OS. The van der Waals surface area contributed by atoms with Crippen LogP contribution in [0.3, 0.4) is 0 Å². The maximum atomic E-state index is 9.29. The van der Waals surface area contributed by atoms with Crippen LogP contribution in [0.2, 0.25) is 0 Å². The zero-order valence-corrected chi connectivity index (χ0v) is 17.4. The van der Waals surface area contributed by atoms with Crippen molar-refractivity contribution in [3.05, 3.63) is 65.6 Å². The highest BCUT2D eigenvalue weighted by Gasteiger charge is 2.09. The smallest absolute Gasteiger partial charge is 0.143 e. The maximum Gasteiger partial charge on any atom is 0.143 e. The molecule has 0 saturated heterocycles. The molecule has 0 fully saturated rings. The standard InChI is InChI=1S/C22H20N6OS/c1-14(2)29-19-5-3-15(4-6-19)22-25-13-20(30-22)12-24-17-7-18(9-23)28-21(8-17)16-10-26-27-11-16/h3-8,10-11,13-14H,12H2,1-2H3,(H,24,28)(H,26,27). The molecule has 0 radical (unpaired) electrons. The van der Waals surface area contributed by atoms with E-state index in [1.807, 2.05) is 50.4 Å². The molecule has 0 bridgehead atoms. The molecule has 150 valence electrons. The van der Waals surface area contributed by atoms with Crippen LogP contribution in [0.5, 0.6) is 5.75 Å². The van der Waals surface area contributed by atoms with E-state index in [1.165, 1.54) is 0 Å². The second kappa shape index (κ2) is 8.76. The van der Waals surface area contributed by atoms with Gasteiger partial charge in [-0.3, -0.25) is 5.10 Å². The summed E-state index contributed by atoms with van der Waals surface area (Å²) in [6.07, 6.45) is 5.45. The van der Waals surface area contributed by atoms with E-state index in [1.54, 1.807) is 29.8 Å². The van der Waals surface area contributed by atoms with Crippen LogP contribution in [0.15, 0.2) is 55.0 Å². The number of H-pyrrole nitrogens is 1. The van der Waals surface area contributed by atoms with Crippen molar-refractivity contribution in [2.24, 2.45) is 0 Å². The molecule has 0 unspecified atom stereocenters. The molecule has 0 aliphatic carbocycles. The number of aromatic amines is 1. The number of anilines is 1. The van der Waals surface area contributed by atoms with E-state index < -0.39 is 0 Å². The van der Waals surface area contributed by atoms with Crippen LogP contribution in [-0.2, 0) is 6.54 Å². The molecule has 1 aromatic carbocycles. The molecule has 4 aromatic rings. The molecule has 0 spiro atoms. The van der Waals surface area contributed by atoms with E-state index in [-0.39, 0.29) is 6.10 Å². The van der Waals surface area contributed by atoms with Crippen LogP contribution in [0.1, 0.15) is 24.4 Å². The molecule has 0 saturated carbocycles. The zero-order valence-electron chi connectivity index (χ0n) is 16.6. The number of benzene rings is 1. The number of thiazole rings is 1. The number of pyridine rings is 1. The van der Waals surface area contributed by atoms with Crippen molar-refractivity contribution >= 4 is 17.0 Å². The first-order valence-electron chi connectivity index (χ1n) is 9.48. The number of aromatic nitrogens is 4. The van der Waals surface area contributed by atoms with Gasteiger partial charge in [0.15, 0.2) is 0 Å². The van der Waals surface area contributed by atoms with Crippen molar-refractivity contribution in [1.82, 2.24) is 20.2 Å². The molecule has 4 rings (SSSR count). The lowest BCUT2D eigenvalue weighted by atomic mass is 10.2. The highest BCUT2D eigenvalue weighted by atomic mass is 32.1. The molecule has 7 nitrogen and oxygen atoms in total. The van der Waals surface area contributed by atoms with Crippen LogP contribution in [0.25, 0.3) is 21.8 Å². The maximum absolute atomic E-state index is 9.29. The largest absolute Gasteiger partial charge is 0.491 e. The third-order valence-corrected chi connectivity index (χ3v) is 5.27. The van der Waals surface area contributed by atoms with Gasteiger partial charge in [-0.2, -0.15) is 10.4 Å². The molecular weight excluding hydrogens is 396 g/mol. The first-order chi connectivity index (χ1) is 14.6. The Bertz CT molecular complexity index is 1160. The zero-order chi connectivity index (χ0) is 20.9. The Hall–Kier alpha value is -3.70. The lowest BCUT2D eigenvalue weighted by Crippen LogP contribution is -2.05. The van der Waals surface area contributed by atoms with E-state index in [4.69, 9.17) is 4.74 Å². The van der Waals surface area contributed by atoms with Gasteiger partial charge in [-0.1, -0.05) is 0 Å². The fourth-order valence-corrected chi connectivity index (χ4v) is 3.75. The van der Waals surface area contributed by atoms with Crippen LogP contribution in [0.4, 0.5) is 5.69 Å². The topological polar surface area (TPSA) is 99.5 Å². The van der Waals surface area contributed by atoms with Gasteiger partial charge in [-0.05, 0) is 50.2 Å². The quantitative estimate of drug-likeness (QED) is 0.446. The first-order valence-corrected chi connectivity index (χ1v) is 10.3. The second-order valence-electron chi connectivity index (χ2n) is 6.90. The van der Waals surface area contributed by atoms with E-state index in [9.17, 15) is 5.26 Å². The van der Waals surface area contributed by atoms with Crippen molar-refractivity contribution in [2.45, 2.75) is 26.5 Å². The summed E-state index contributed by atoms with van der Waals surface area (Å²) in [6, 6.07) is 13.7. The van der Waals surface area contributed by atoms with Gasteiger partial charge in [-0.25, -0.2) is 9.97 Å². The minimum atomic E-state index is 0.150. The van der Waals surface area contributed by atoms with Crippen LogP contribution in [0, 0.1) is 11.3 Å². The van der Waals surface area contributed by atoms with Gasteiger partial charge in [0.25, 0.3) is 0 Å². The molecule has 0 aliphatic rings. The van der Waals surface area contributed by atoms with Crippen LogP contribution >= 0.6 is 11.3 Å². The number of nitrogens with one attached hydrogen (secondary N) is 2. The molecule has 0 aliphatic heterocycles. The lowest BCUT2D eigenvalue weighted by molar-refractivity contribution is 0.242. The summed E-state index contributed by atoms with van der Waals surface area (Å²) < 4.78 is 5.69. The minimum absolute atomic E-state index is 0.150. The monoisotopic (exact) mass is 416 g/mol. The lowest BCUT2D eigenvalue weighted by Gasteiger charge is -2.09. The highest BCUT2D eigenvalue weighted by molar-refractivity contribution is 7.15. The van der Waals surface area contributed by atoms with Gasteiger partial charge in [0.2, 0.25) is 0 Å². The summed E-state index contributed by atoms with van der Waals surface area (Å²) in [6.45, 7) is 4.62. The van der Waals surface area contributed by atoms with Crippen molar-refractivity contribution in [1.29, 1.82) is 5.26 Å². The fraction of sp³-hybridized carbons (Fsp3) is 0.182.